The number of nitrogens with one attached hydrogen (secondary N) is 2. The number of nitrogens with zero attached hydrogens (tertiary/aromatic N) is 2. The van der Waals surface area contributed by atoms with Crippen molar-refractivity contribution in [3.8, 4) is 5.88 Å². The third kappa shape index (κ3) is 7.64. The second kappa shape index (κ2) is 10.7. The lowest BCUT2D eigenvalue weighted by Crippen LogP contribution is -2.27. The lowest BCUT2D eigenvalue weighted by Gasteiger charge is -2.17. The zero-order valence-corrected chi connectivity index (χ0v) is 19.2. The highest BCUT2D eigenvalue weighted by Gasteiger charge is 2.29. The summed E-state index contributed by atoms with van der Waals surface area (Å²) in [7, 11) is 0. The topological polar surface area (TPSA) is 93.2 Å². The summed E-state index contributed by atoms with van der Waals surface area (Å²) in [6, 6.07) is 4.15. The van der Waals surface area contributed by atoms with Crippen LogP contribution < -0.4 is 15.4 Å². The molecule has 2 heterocycles. The summed E-state index contributed by atoms with van der Waals surface area (Å²) in [5.74, 6) is -0.679. The standard InChI is InChI=1S/C20H22F3IN4O3/c1-11(2)17(29)28-16-7-13(4-5-25-16)18(30)27-12(3)15-6-14(8-24)19(26-9-15)31-10-20(21,22)23/h4-7,9,11-12H,8,10H2,1-3H3,(H,27,30)(H,25,28,29). The predicted octanol–water partition coefficient (Wildman–Crippen LogP) is 4.44. The fourth-order valence-corrected chi connectivity index (χ4v) is 2.95. The van der Waals surface area contributed by atoms with E-state index in [9.17, 15) is 22.8 Å². The summed E-state index contributed by atoms with van der Waals surface area (Å²) < 4.78 is 42.3. The van der Waals surface area contributed by atoms with Crippen molar-refractivity contribution in [2.45, 2.75) is 37.4 Å². The maximum Gasteiger partial charge on any atom is 0.422 e. The molecule has 2 rings (SSSR count). The minimum atomic E-state index is -4.46. The summed E-state index contributed by atoms with van der Waals surface area (Å²) in [6.45, 7) is 3.79. The predicted molar refractivity (Wildman–Crippen MR) is 117 cm³/mol. The highest BCUT2D eigenvalue weighted by molar-refractivity contribution is 14.1. The average Bonchev–Trinajstić information content (AvgIpc) is 2.71. The molecule has 0 aromatic carbocycles. The Morgan fingerprint density at radius 1 is 1.19 bits per heavy atom. The first kappa shape index (κ1) is 24.8. The summed E-state index contributed by atoms with van der Waals surface area (Å²) in [4.78, 5) is 32.4. The Morgan fingerprint density at radius 3 is 2.52 bits per heavy atom. The van der Waals surface area contributed by atoms with Crippen LogP contribution in [0.15, 0.2) is 30.6 Å². The maximum absolute atomic E-state index is 12.6. The van der Waals surface area contributed by atoms with Crippen LogP contribution in [0.3, 0.4) is 0 Å². The second-order valence-corrected chi connectivity index (χ2v) is 7.80. The molecule has 2 aromatic heterocycles. The molecule has 1 unspecified atom stereocenters. The van der Waals surface area contributed by atoms with E-state index < -0.39 is 24.7 Å². The van der Waals surface area contributed by atoms with Crippen LogP contribution >= 0.6 is 22.6 Å². The zero-order valence-electron chi connectivity index (χ0n) is 17.1. The molecule has 11 heteroatoms. The normalized spacial score (nSPS) is 12.4. The molecular formula is C20H22F3IN4O3. The number of amides is 2. The number of rotatable bonds is 8. The number of hydrogen-bond donors (Lipinski definition) is 2. The number of carbonyl (C=O) groups is 2. The van der Waals surface area contributed by atoms with Crippen molar-refractivity contribution in [1.82, 2.24) is 15.3 Å². The maximum atomic E-state index is 12.6. The van der Waals surface area contributed by atoms with Crippen LogP contribution in [0.2, 0.25) is 0 Å². The Labute approximate surface area is 191 Å². The lowest BCUT2D eigenvalue weighted by molar-refractivity contribution is -0.154. The molecule has 0 spiro atoms. The molecule has 1 atom stereocenters. The van der Waals surface area contributed by atoms with Crippen molar-refractivity contribution in [3.05, 3.63) is 47.3 Å². The van der Waals surface area contributed by atoms with Gasteiger partial charge in [0.05, 0.1) is 6.04 Å². The van der Waals surface area contributed by atoms with E-state index in [4.69, 9.17) is 4.74 Å². The van der Waals surface area contributed by atoms with Gasteiger partial charge < -0.3 is 15.4 Å². The molecular weight excluding hydrogens is 528 g/mol. The fourth-order valence-electron chi connectivity index (χ4n) is 2.40. The first-order valence-electron chi connectivity index (χ1n) is 9.32. The smallest absolute Gasteiger partial charge is 0.422 e. The Kier molecular flexibility index (Phi) is 8.60. The van der Waals surface area contributed by atoms with Gasteiger partial charge in [0.25, 0.3) is 5.91 Å². The van der Waals surface area contributed by atoms with Gasteiger partial charge >= 0.3 is 6.18 Å². The Bertz CT molecular complexity index is 938. The van der Waals surface area contributed by atoms with Gasteiger partial charge in [-0.2, -0.15) is 13.2 Å². The van der Waals surface area contributed by atoms with E-state index >= 15 is 0 Å². The molecule has 0 saturated carbocycles. The lowest BCUT2D eigenvalue weighted by atomic mass is 10.1. The number of anilines is 1. The molecule has 31 heavy (non-hydrogen) atoms. The van der Waals surface area contributed by atoms with Crippen LogP contribution in [0.5, 0.6) is 5.88 Å². The summed E-state index contributed by atoms with van der Waals surface area (Å²) in [5, 5.41) is 5.43. The SMILES string of the molecule is CC(C)C(=O)Nc1cc(C(=O)NC(C)c2cnc(OCC(F)(F)F)c(CI)c2)ccn1. The van der Waals surface area contributed by atoms with Gasteiger partial charge in [-0.05, 0) is 30.7 Å². The number of carbonyl (C=O) groups excluding carboxylic acids is 2. The molecule has 0 aliphatic carbocycles. The van der Waals surface area contributed by atoms with Crippen LogP contribution in [0.1, 0.15) is 48.3 Å². The van der Waals surface area contributed by atoms with E-state index in [0.29, 0.717) is 21.1 Å². The quantitative estimate of drug-likeness (QED) is 0.375. The molecule has 0 saturated heterocycles. The minimum absolute atomic E-state index is 0.0892. The van der Waals surface area contributed by atoms with Crippen molar-refractivity contribution in [2.75, 3.05) is 11.9 Å². The van der Waals surface area contributed by atoms with Gasteiger partial charge in [-0.25, -0.2) is 9.97 Å². The number of alkyl halides is 4. The van der Waals surface area contributed by atoms with E-state index in [1.807, 2.05) is 22.6 Å². The van der Waals surface area contributed by atoms with E-state index in [2.05, 4.69) is 20.6 Å². The van der Waals surface area contributed by atoms with Crippen LogP contribution in [-0.2, 0) is 9.22 Å². The molecule has 7 nitrogen and oxygen atoms in total. The van der Waals surface area contributed by atoms with Crippen LogP contribution in [0.25, 0.3) is 0 Å². The van der Waals surface area contributed by atoms with Crippen molar-refractivity contribution >= 4 is 40.2 Å². The number of halogens is 4. The molecule has 0 bridgehead atoms. The zero-order chi connectivity index (χ0) is 23.2. The van der Waals surface area contributed by atoms with E-state index in [1.54, 1.807) is 26.8 Å². The fraction of sp³-hybridized carbons (Fsp3) is 0.400. The number of ether oxygens (including phenoxy) is 1. The molecule has 0 fully saturated rings. The van der Waals surface area contributed by atoms with Gasteiger partial charge in [0.1, 0.15) is 5.82 Å². The molecule has 2 N–H and O–H groups in total. The Balaban J connectivity index is 2.09. The van der Waals surface area contributed by atoms with Crippen molar-refractivity contribution in [3.63, 3.8) is 0 Å². The number of pyridine rings is 2. The monoisotopic (exact) mass is 550 g/mol. The van der Waals surface area contributed by atoms with E-state index in [-0.39, 0.29) is 23.5 Å². The van der Waals surface area contributed by atoms with E-state index in [0.717, 1.165) is 0 Å². The Morgan fingerprint density at radius 2 is 1.90 bits per heavy atom. The highest BCUT2D eigenvalue weighted by atomic mass is 127. The van der Waals surface area contributed by atoms with Gasteiger partial charge in [-0.15, -0.1) is 0 Å². The summed E-state index contributed by atoms with van der Waals surface area (Å²) in [5.41, 5.74) is 1.40. The number of aromatic nitrogens is 2. The minimum Gasteiger partial charge on any atom is -0.468 e. The third-order valence-corrected chi connectivity index (χ3v) is 4.93. The van der Waals surface area contributed by atoms with Gasteiger partial charge in [0, 0.05) is 33.9 Å². The van der Waals surface area contributed by atoms with Crippen LogP contribution in [0.4, 0.5) is 19.0 Å². The average molecular weight is 550 g/mol. The van der Waals surface area contributed by atoms with Crippen LogP contribution in [0, 0.1) is 5.92 Å². The molecule has 2 aromatic rings. The largest absolute Gasteiger partial charge is 0.468 e. The summed E-state index contributed by atoms with van der Waals surface area (Å²) >= 11 is 2.00. The molecule has 2 amide bonds. The first-order valence-corrected chi connectivity index (χ1v) is 10.8. The highest BCUT2D eigenvalue weighted by Crippen LogP contribution is 2.25. The number of hydrogen-bond acceptors (Lipinski definition) is 5. The van der Waals surface area contributed by atoms with Gasteiger partial charge in [-0.1, -0.05) is 36.4 Å². The van der Waals surface area contributed by atoms with Crippen molar-refractivity contribution < 1.29 is 27.5 Å². The summed E-state index contributed by atoms with van der Waals surface area (Å²) in [6.07, 6.45) is -1.67. The molecule has 0 aliphatic rings. The van der Waals surface area contributed by atoms with Crippen molar-refractivity contribution in [1.29, 1.82) is 0 Å². The van der Waals surface area contributed by atoms with Crippen molar-refractivity contribution in [2.24, 2.45) is 5.92 Å². The third-order valence-electron chi connectivity index (χ3n) is 4.11. The molecule has 0 radical (unpaired) electrons. The Hall–Kier alpha value is -2.44. The molecule has 0 aliphatic heterocycles. The molecule has 168 valence electrons. The van der Waals surface area contributed by atoms with Crippen LogP contribution in [-0.4, -0.2) is 34.6 Å². The first-order chi connectivity index (χ1) is 14.5. The van der Waals surface area contributed by atoms with Gasteiger partial charge in [-0.3, -0.25) is 9.59 Å². The second-order valence-electron chi connectivity index (χ2n) is 7.04. The van der Waals surface area contributed by atoms with Gasteiger partial charge in [0.2, 0.25) is 11.8 Å². The van der Waals surface area contributed by atoms with E-state index in [1.165, 1.54) is 24.5 Å². The van der Waals surface area contributed by atoms with Gasteiger partial charge in [0.15, 0.2) is 6.61 Å².